The smallest absolute Gasteiger partial charge is 0.224 e. The molecule has 0 spiro atoms. The molecule has 1 atom stereocenters. The normalized spacial score (nSPS) is 18.1. The Balaban J connectivity index is 0.00000242. The summed E-state index contributed by atoms with van der Waals surface area (Å²) in [6.07, 6.45) is 6.67. The standard InChI is InChI=1S/C17H25BrN2O.ClH/c1-13(12-19)16(21)20-17(9-3-2-4-10-17)11-14-5-7-15(18)8-6-14;/h5-8,13H,2-4,9-12,19H2,1H3,(H,20,21);1H. The van der Waals surface area contributed by atoms with Gasteiger partial charge in [0.25, 0.3) is 0 Å². The van der Waals surface area contributed by atoms with Crippen LogP contribution in [0.5, 0.6) is 0 Å². The van der Waals surface area contributed by atoms with Crippen LogP contribution < -0.4 is 11.1 Å². The van der Waals surface area contributed by atoms with Gasteiger partial charge < -0.3 is 11.1 Å². The first-order chi connectivity index (χ1) is 10.0. The third-order valence-corrected chi connectivity index (χ3v) is 4.98. The van der Waals surface area contributed by atoms with Crippen molar-refractivity contribution in [3.8, 4) is 0 Å². The lowest BCUT2D eigenvalue weighted by molar-refractivity contribution is -0.126. The van der Waals surface area contributed by atoms with Crippen LogP contribution in [0.15, 0.2) is 28.7 Å². The zero-order valence-electron chi connectivity index (χ0n) is 13.1. The van der Waals surface area contributed by atoms with Crippen molar-refractivity contribution < 1.29 is 4.79 Å². The molecule has 2 rings (SSSR count). The van der Waals surface area contributed by atoms with Crippen molar-refractivity contribution in [1.29, 1.82) is 0 Å². The summed E-state index contributed by atoms with van der Waals surface area (Å²) < 4.78 is 1.09. The zero-order chi connectivity index (χ0) is 15.3. The molecule has 1 aromatic rings. The number of rotatable bonds is 5. The zero-order valence-corrected chi connectivity index (χ0v) is 15.5. The Morgan fingerprint density at radius 2 is 1.86 bits per heavy atom. The molecule has 1 fully saturated rings. The second kappa shape index (κ2) is 8.90. The quantitative estimate of drug-likeness (QED) is 0.804. The van der Waals surface area contributed by atoms with Crippen LogP contribution in [0.4, 0.5) is 0 Å². The van der Waals surface area contributed by atoms with E-state index in [4.69, 9.17) is 5.73 Å². The molecule has 3 nitrogen and oxygen atoms in total. The molecule has 0 heterocycles. The Hall–Kier alpha value is -0.580. The van der Waals surface area contributed by atoms with Gasteiger partial charge in [0.1, 0.15) is 0 Å². The average molecular weight is 390 g/mol. The van der Waals surface area contributed by atoms with Crippen molar-refractivity contribution in [1.82, 2.24) is 5.32 Å². The van der Waals surface area contributed by atoms with Crippen LogP contribution in [-0.2, 0) is 11.2 Å². The fourth-order valence-corrected chi connectivity index (χ4v) is 3.32. The molecule has 0 saturated heterocycles. The molecular weight excluding hydrogens is 364 g/mol. The highest BCUT2D eigenvalue weighted by molar-refractivity contribution is 9.10. The van der Waals surface area contributed by atoms with Gasteiger partial charge >= 0.3 is 0 Å². The van der Waals surface area contributed by atoms with Crippen LogP contribution in [0.3, 0.4) is 0 Å². The molecular formula is C17H26BrClN2O. The third-order valence-electron chi connectivity index (χ3n) is 4.46. The fourth-order valence-electron chi connectivity index (χ4n) is 3.06. The lowest BCUT2D eigenvalue weighted by atomic mass is 9.77. The van der Waals surface area contributed by atoms with Gasteiger partial charge in [0.05, 0.1) is 0 Å². The first-order valence-corrected chi connectivity index (χ1v) is 8.60. The lowest BCUT2D eigenvalue weighted by Gasteiger charge is -2.39. The van der Waals surface area contributed by atoms with Gasteiger partial charge in [-0.25, -0.2) is 0 Å². The Bertz CT molecular complexity index is 472. The molecule has 1 amide bonds. The molecule has 0 bridgehead atoms. The molecule has 0 radical (unpaired) electrons. The van der Waals surface area contributed by atoms with Gasteiger partial charge in [-0.05, 0) is 37.0 Å². The summed E-state index contributed by atoms with van der Waals surface area (Å²) >= 11 is 3.47. The number of hydrogen-bond acceptors (Lipinski definition) is 2. The van der Waals surface area contributed by atoms with Crippen molar-refractivity contribution in [2.45, 2.75) is 51.0 Å². The van der Waals surface area contributed by atoms with Crippen molar-refractivity contribution >= 4 is 34.2 Å². The maximum Gasteiger partial charge on any atom is 0.224 e. The monoisotopic (exact) mass is 388 g/mol. The van der Waals surface area contributed by atoms with E-state index in [9.17, 15) is 4.79 Å². The number of amides is 1. The summed E-state index contributed by atoms with van der Waals surface area (Å²) in [4.78, 5) is 12.3. The van der Waals surface area contributed by atoms with Gasteiger partial charge in [0.15, 0.2) is 0 Å². The second-order valence-corrected chi connectivity index (χ2v) is 7.19. The van der Waals surface area contributed by atoms with Gasteiger partial charge in [-0.2, -0.15) is 0 Å². The van der Waals surface area contributed by atoms with Crippen molar-refractivity contribution in [2.24, 2.45) is 11.7 Å². The molecule has 1 aliphatic rings. The van der Waals surface area contributed by atoms with Crippen LogP contribution in [-0.4, -0.2) is 18.0 Å². The number of hydrogen-bond donors (Lipinski definition) is 2. The highest BCUT2D eigenvalue weighted by atomic mass is 79.9. The minimum atomic E-state index is -0.117. The molecule has 1 saturated carbocycles. The maximum atomic E-state index is 12.3. The van der Waals surface area contributed by atoms with E-state index in [1.165, 1.54) is 24.8 Å². The molecule has 1 unspecified atom stereocenters. The van der Waals surface area contributed by atoms with Crippen LogP contribution >= 0.6 is 28.3 Å². The molecule has 3 N–H and O–H groups in total. The van der Waals surface area contributed by atoms with Crippen LogP contribution in [0.1, 0.15) is 44.6 Å². The predicted molar refractivity (Wildman–Crippen MR) is 97.3 cm³/mol. The molecule has 0 aromatic heterocycles. The van der Waals surface area contributed by atoms with Gasteiger partial charge in [-0.3, -0.25) is 4.79 Å². The number of carbonyl (C=O) groups is 1. The number of carbonyl (C=O) groups excluding carboxylic acids is 1. The number of nitrogens with two attached hydrogens (primary N) is 1. The number of benzene rings is 1. The Labute approximate surface area is 148 Å². The molecule has 5 heteroatoms. The van der Waals surface area contributed by atoms with E-state index >= 15 is 0 Å². The first-order valence-electron chi connectivity index (χ1n) is 7.81. The number of halogens is 2. The van der Waals surface area contributed by atoms with E-state index in [0.29, 0.717) is 6.54 Å². The van der Waals surface area contributed by atoms with Crippen LogP contribution in [0.2, 0.25) is 0 Å². The van der Waals surface area contributed by atoms with Crippen LogP contribution in [0.25, 0.3) is 0 Å². The second-order valence-electron chi connectivity index (χ2n) is 6.27. The first kappa shape index (κ1) is 19.5. The minimum absolute atomic E-state index is 0. The molecule has 0 aliphatic heterocycles. The summed E-state index contributed by atoms with van der Waals surface area (Å²) in [5.74, 6) is -0.0229. The molecule has 1 aromatic carbocycles. The third kappa shape index (κ3) is 5.25. The molecule has 1 aliphatic carbocycles. The topological polar surface area (TPSA) is 55.1 Å². The highest BCUT2D eigenvalue weighted by Crippen LogP contribution is 2.32. The summed E-state index contributed by atoms with van der Waals surface area (Å²) in [6.45, 7) is 2.30. The highest BCUT2D eigenvalue weighted by Gasteiger charge is 2.34. The summed E-state index contributed by atoms with van der Waals surface area (Å²) in [5, 5.41) is 3.32. The van der Waals surface area contributed by atoms with Crippen LogP contribution in [0, 0.1) is 5.92 Å². The van der Waals surface area contributed by atoms with Gasteiger partial charge in [-0.15, -0.1) is 12.4 Å². The maximum absolute atomic E-state index is 12.3. The SMILES string of the molecule is CC(CN)C(=O)NC1(Cc2ccc(Br)cc2)CCCCC1.Cl. The number of nitrogens with one attached hydrogen (secondary N) is 1. The minimum Gasteiger partial charge on any atom is -0.350 e. The predicted octanol–water partition coefficient (Wildman–Crippen LogP) is 3.83. The van der Waals surface area contributed by atoms with E-state index in [1.807, 2.05) is 6.92 Å². The lowest BCUT2D eigenvalue weighted by Crippen LogP contribution is -2.53. The Kier molecular flexibility index (Phi) is 7.87. The summed E-state index contributed by atoms with van der Waals surface area (Å²) in [7, 11) is 0. The molecule has 124 valence electrons. The van der Waals surface area contributed by atoms with E-state index in [0.717, 1.165) is 23.7 Å². The Morgan fingerprint density at radius 1 is 1.27 bits per heavy atom. The van der Waals surface area contributed by atoms with Gasteiger partial charge in [0, 0.05) is 22.5 Å². The van der Waals surface area contributed by atoms with Gasteiger partial charge in [0.2, 0.25) is 5.91 Å². The van der Waals surface area contributed by atoms with E-state index in [2.05, 4.69) is 45.5 Å². The van der Waals surface area contributed by atoms with Gasteiger partial charge in [-0.1, -0.05) is 54.2 Å². The Morgan fingerprint density at radius 3 is 2.41 bits per heavy atom. The fraction of sp³-hybridized carbons (Fsp3) is 0.588. The van der Waals surface area contributed by atoms with Crippen molar-refractivity contribution in [2.75, 3.05) is 6.54 Å². The average Bonchev–Trinajstić information content (AvgIpc) is 2.49. The largest absolute Gasteiger partial charge is 0.350 e. The molecule has 22 heavy (non-hydrogen) atoms. The van der Waals surface area contributed by atoms with E-state index < -0.39 is 0 Å². The summed E-state index contributed by atoms with van der Waals surface area (Å²) in [6, 6.07) is 8.41. The van der Waals surface area contributed by atoms with E-state index in [-0.39, 0.29) is 29.8 Å². The van der Waals surface area contributed by atoms with Crippen molar-refractivity contribution in [3.05, 3.63) is 34.3 Å². The van der Waals surface area contributed by atoms with Crippen molar-refractivity contribution in [3.63, 3.8) is 0 Å². The van der Waals surface area contributed by atoms with E-state index in [1.54, 1.807) is 0 Å². The summed E-state index contributed by atoms with van der Waals surface area (Å²) in [5.41, 5.74) is 6.81.